The summed E-state index contributed by atoms with van der Waals surface area (Å²) < 4.78 is 44.7. The molecule has 1 amide bonds. The maximum absolute atomic E-state index is 12.8. The zero-order valence-corrected chi connectivity index (χ0v) is 14.7. The molecule has 0 radical (unpaired) electrons. The van der Waals surface area contributed by atoms with E-state index in [9.17, 15) is 18.0 Å². The van der Waals surface area contributed by atoms with Crippen molar-refractivity contribution in [3.8, 4) is 5.75 Å². The monoisotopic (exact) mass is 414 g/mol. The number of hydrazone groups is 1. The Kier molecular flexibility index (Phi) is 6.19. The number of nitrogens with zero attached hydrogens (tertiary/aromatic N) is 1. The van der Waals surface area contributed by atoms with E-state index in [1.54, 1.807) is 12.1 Å². The summed E-state index contributed by atoms with van der Waals surface area (Å²) in [6.07, 6.45) is -3.54. The molecule has 0 aliphatic rings. The van der Waals surface area contributed by atoms with Gasteiger partial charge in [-0.3, -0.25) is 4.79 Å². The highest BCUT2D eigenvalue weighted by Gasteiger charge is 2.32. The predicted molar refractivity (Wildman–Crippen MR) is 91.6 cm³/mol. The number of carbonyl (C=O) groups excluding carboxylic acids is 1. The maximum atomic E-state index is 12.8. The van der Waals surface area contributed by atoms with Crippen LogP contribution in [0.3, 0.4) is 0 Å². The molecular formula is C17H14BrF3N2O2. The first-order valence-corrected chi connectivity index (χ1v) is 7.94. The van der Waals surface area contributed by atoms with Gasteiger partial charge in [-0.15, -0.1) is 0 Å². The van der Waals surface area contributed by atoms with Crippen molar-refractivity contribution in [1.82, 2.24) is 5.43 Å². The average Bonchev–Trinajstić information content (AvgIpc) is 2.53. The zero-order valence-electron chi connectivity index (χ0n) is 13.1. The molecular weight excluding hydrogens is 401 g/mol. The molecule has 0 aromatic heterocycles. The quantitative estimate of drug-likeness (QED) is 0.585. The second kappa shape index (κ2) is 8.15. The van der Waals surface area contributed by atoms with Crippen LogP contribution in [0.15, 0.2) is 52.0 Å². The van der Waals surface area contributed by atoms with Crippen molar-refractivity contribution in [3.05, 3.63) is 63.6 Å². The lowest BCUT2D eigenvalue weighted by Gasteiger charge is -2.09. The maximum Gasteiger partial charge on any atom is 0.417 e. The molecule has 4 nitrogen and oxygen atoms in total. The third-order valence-corrected chi connectivity index (χ3v) is 3.65. The molecule has 0 unspecified atom stereocenters. The minimum Gasteiger partial charge on any atom is -0.483 e. The second-order valence-corrected chi connectivity index (χ2v) is 5.99. The van der Waals surface area contributed by atoms with Crippen LogP contribution in [0.1, 0.15) is 16.7 Å². The molecule has 0 aliphatic carbocycles. The van der Waals surface area contributed by atoms with E-state index in [1.807, 2.05) is 13.0 Å². The molecule has 0 saturated carbocycles. The van der Waals surface area contributed by atoms with E-state index < -0.39 is 17.6 Å². The van der Waals surface area contributed by atoms with Gasteiger partial charge >= 0.3 is 6.18 Å². The lowest BCUT2D eigenvalue weighted by Crippen LogP contribution is -2.25. The van der Waals surface area contributed by atoms with Gasteiger partial charge in [0.15, 0.2) is 6.61 Å². The van der Waals surface area contributed by atoms with Gasteiger partial charge in [0.1, 0.15) is 5.75 Å². The minimum absolute atomic E-state index is 0.139. The van der Waals surface area contributed by atoms with E-state index in [1.165, 1.54) is 18.2 Å². The normalized spacial score (nSPS) is 11.6. The minimum atomic E-state index is -4.49. The number of carbonyl (C=O) groups is 1. The summed E-state index contributed by atoms with van der Waals surface area (Å²) in [7, 11) is 0. The van der Waals surface area contributed by atoms with Crippen molar-refractivity contribution < 1.29 is 22.7 Å². The Morgan fingerprint density at radius 3 is 2.68 bits per heavy atom. The smallest absolute Gasteiger partial charge is 0.417 e. The molecule has 0 spiro atoms. The lowest BCUT2D eigenvalue weighted by molar-refractivity contribution is -0.137. The number of aryl methyl sites for hydroxylation is 1. The Morgan fingerprint density at radius 2 is 2.00 bits per heavy atom. The molecule has 25 heavy (non-hydrogen) atoms. The molecule has 8 heteroatoms. The number of hydrogen-bond donors (Lipinski definition) is 1. The van der Waals surface area contributed by atoms with Crippen LogP contribution in [0.25, 0.3) is 0 Å². The Morgan fingerprint density at radius 1 is 1.28 bits per heavy atom. The fourth-order valence-corrected chi connectivity index (χ4v) is 2.47. The summed E-state index contributed by atoms with van der Waals surface area (Å²) in [4.78, 5) is 11.7. The van der Waals surface area contributed by atoms with E-state index in [-0.39, 0.29) is 12.2 Å². The Hall–Kier alpha value is -2.35. The fourth-order valence-electron chi connectivity index (χ4n) is 1.99. The van der Waals surface area contributed by atoms with Crippen LogP contribution < -0.4 is 10.2 Å². The van der Waals surface area contributed by atoms with Gasteiger partial charge in [0.25, 0.3) is 5.91 Å². The molecule has 2 aromatic rings. The van der Waals surface area contributed by atoms with Crippen LogP contribution >= 0.6 is 15.9 Å². The third kappa shape index (κ3) is 5.60. The number of hydrogen-bond acceptors (Lipinski definition) is 3. The van der Waals surface area contributed by atoms with Crippen LogP contribution in [0.4, 0.5) is 13.2 Å². The highest BCUT2D eigenvalue weighted by atomic mass is 79.9. The molecule has 0 bridgehead atoms. The van der Waals surface area contributed by atoms with E-state index in [0.29, 0.717) is 5.75 Å². The van der Waals surface area contributed by atoms with Gasteiger partial charge in [-0.25, -0.2) is 5.43 Å². The molecule has 1 N–H and O–H groups in total. The summed E-state index contributed by atoms with van der Waals surface area (Å²) in [5, 5.41) is 3.55. The molecule has 2 rings (SSSR count). The van der Waals surface area contributed by atoms with Gasteiger partial charge in [-0.1, -0.05) is 34.1 Å². The number of ether oxygens (including phenoxy) is 1. The van der Waals surface area contributed by atoms with Crippen LogP contribution in [-0.4, -0.2) is 18.7 Å². The van der Waals surface area contributed by atoms with Crippen molar-refractivity contribution in [2.45, 2.75) is 13.1 Å². The molecule has 0 aliphatic heterocycles. The summed E-state index contributed by atoms with van der Waals surface area (Å²) in [5.74, 6) is -0.0483. The number of amides is 1. The summed E-state index contributed by atoms with van der Waals surface area (Å²) >= 11 is 3.32. The number of alkyl halides is 3. The van der Waals surface area contributed by atoms with Crippen molar-refractivity contribution in [1.29, 1.82) is 0 Å². The van der Waals surface area contributed by atoms with Crippen molar-refractivity contribution >= 4 is 28.1 Å². The van der Waals surface area contributed by atoms with Crippen LogP contribution in [0, 0.1) is 6.92 Å². The van der Waals surface area contributed by atoms with E-state index >= 15 is 0 Å². The first-order chi connectivity index (χ1) is 11.8. The van der Waals surface area contributed by atoms with Crippen LogP contribution in [0.5, 0.6) is 5.75 Å². The van der Waals surface area contributed by atoms with Crippen molar-refractivity contribution in [3.63, 3.8) is 0 Å². The van der Waals surface area contributed by atoms with E-state index in [2.05, 4.69) is 26.5 Å². The van der Waals surface area contributed by atoms with Gasteiger partial charge in [0, 0.05) is 10.0 Å². The summed E-state index contributed by atoms with van der Waals surface area (Å²) in [6.45, 7) is 1.52. The van der Waals surface area contributed by atoms with Gasteiger partial charge in [0.05, 0.1) is 11.8 Å². The molecule has 132 valence electrons. The van der Waals surface area contributed by atoms with Gasteiger partial charge in [0.2, 0.25) is 0 Å². The Bertz CT molecular complexity index is 792. The van der Waals surface area contributed by atoms with Gasteiger partial charge in [-0.2, -0.15) is 18.3 Å². The number of benzene rings is 2. The predicted octanol–water partition coefficient (Wildman–Crippen LogP) is 4.31. The molecule has 0 heterocycles. The summed E-state index contributed by atoms with van der Waals surface area (Å²) in [5.41, 5.74) is 2.01. The zero-order chi connectivity index (χ0) is 18.4. The Balaban J connectivity index is 1.93. The first kappa shape index (κ1) is 19.0. The molecule has 0 atom stereocenters. The molecule has 2 aromatic carbocycles. The SMILES string of the molecule is Cc1cc(Br)ccc1OCC(=O)N/N=C/c1ccccc1C(F)(F)F. The Labute approximate surface area is 150 Å². The summed E-state index contributed by atoms with van der Waals surface area (Å²) in [6, 6.07) is 10.3. The van der Waals surface area contributed by atoms with Gasteiger partial charge < -0.3 is 4.74 Å². The highest BCUT2D eigenvalue weighted by molar-refractivity contribution is 9.10. The number of nitrogens with one attached hydrogen (secondary N) is 1. The topological polar surface area (TPSA) is 50.7 Å². The number of halogens is 4. The first-order valence-electron chi connectivity index (χ1n) is 7.14. The average molecular weight is 415 g/mol. The van der Waals surface area contributed by atoms with E-state index in [4.69, 9.17) is 4.74 Å². The van der Waals surface area contributed by atoms with Gasteiger partial charge in [-0.05, 0) is 36.8 Å². The largest absolute Gasteiger partial charge is 0.483 e. The highest BCUT2D eigenvalue weighted by Crippen LogP contribution is 2.31. The second-order valence-electron chi connectivity index (χ2n) is 5.08. The standard InChI is InChI=1S/C17H14BrF3N2O2/c1-11-8-13(18)6-7-15(11)25-10-16(24)23-22-9-12-4-2-3-5-14(12)17(19,20)21/h2-9H,10H2,1H3,(H,23,24)/b22-9+. The fraction of sp³-hybridized carbons (Fsp3) is 0.176. The molecule has 0 saturated heterocycles. The third-order valence-electron chi connectivity index (χ3n) is 3.15. The van der Waals surface area contributed by atoms with Crippen LogP contribution in [-0.2, 0) is 11.0 Å². The van der Waals surface area contributed by atoms with Crippen molar-refractivity contribution in [2.24, 2.45) is 5.10 Å². The lowest BCUT2D eigenvalue weighted by atomic mass is 10.1. The number of rotatable bonds is 5. The van der Waals surface area contributed by atoms with Crippen molar-refractivity contribution in [2.75, 3.05) is 6.61 Å². The molecule has 0 fully saturated rings. The van der Waals surface area contributed by atoms with Crippen LogP contribution in [0.2, 0.25) is 0 Å². The van der Waals surface area contributed by atoms with E-state index in [0.717, 1.165) is 22.3 Å².